The average Bonchev–Trinajstić information content (AvgIpc) is 2.69. The van der Waals surface area contributed by atoms with Gasteiger partial charge in [0.05, 0.1) is 23.0 Å². The number of hydrogen-bond donors (Lipinski definition) is 1. The molecular formula is C13H25ClN4. The van der Waals surface area contributed by atoms with E-state index in [0.717, 1.165) is 43.3 Å². The molecule has 1 heterocycles. The van der Waals surface area contributed by atoms with Crippen molar-refractivity contribution in [1.82, 2.24) is 20.0 Å². The van der Waals surface area contributed by atoms with E-state index in [4.69, 9.17) is 11.6 Å². The van der Waals surface area contributed by atoms with E-state index in [1.807, 2.05) is 11.7 Å². The van der Waals surface area contributed by atoms with E-state index in [1.54, 1.807) is 6.20 Å². The Hall–Kier alpha value is -0.580. The average molecular weight is 273 g/mol. The van der Waals surface area contributed by atoms with Crippen LogP contribution in [0.4, 0.5) is 0 Å². The summed E-state index contributed by atoms with van der Waals surface area (Å²) in [5.41, 5.74) is 1.09. The largest absolute Gasteiger partial charge is 0.309 e. The number of nitrogens with zero attached hydrogens (tertiary/aromatic N) is 3. The highest BCUT2D eigenvalue weighted by atomic mass is 35.5. The van der Waals surface area contributed by atoms with Crippen molar-refractivity contribution in [2.75, 3.05) is 26.2 Å². The van der Waals surface area contributed by atoms with E-state index >= 15 is 0 Å². The topological polar surface area (TPSA) is 33.1 Å². The number of nitrogens with one attached hydrogen (secondary N) is 1. The summed E-state index contributed by atoms with van der Waals surface area (Å²) in [5, 5.41) is 8.47. The SMILES string of the molecule is CCNC(CCN(CC)CC)c1c(Cl)cnn1C. The highest BCUT2D eigenvalue weighted by Gasteiger charge is 2.18. The molecule has 0 saturated carbocycles. The van der Waals surface area contributed by atoms with Crippen molar-refractivity contribution in [3.63, 3.8) is 0 Å². The molecular weight excluding hydrogens is 248 g/mol. The van der Waals surface area contributed by atoms with Crippen LogP contribution < -0.4 is 5.32 Å². The molecule has 1 atom stereocenters. The Labute approximate surface area is 115 Å². The molecule has 0 aromatic carbocycles. The molecule has 0 amide bonds. The lowest BCUT2D eigenvalue weighted by atomic mass is 10.1. The first-order valence-corrected chi connectivity index (χ1v) is 7.14. The first-order chi connectivity index (χ1) is 8.63. The fraction of sp³-hybridized carbons (Fsp3) is 0.769. The van der Waals surface area contributed by atoms with E-state index in [1.165, 1.54) is 0 Å². The molecule has 5 heteroatoms. The first kappa shape index (κ1) is 15.5. The van der Waals surface area contributed by atoms with E-state index < -0.39 is 0 Å². The third-order valence-electron chi connectivity index (χ3n) is 3.35. The Morgan fingerprint density at radius 2 is 2.06 bits per heavy atom. The minimum Gasteiger partial charge on any atom is -0.309 e. The van der Waals surface area contributed by atoms with Crippen LogP contribution in [-0.4, -0.2) is 40.9 Å². The van der Waals surface area contributed by atoms with Crippen LogP contribution in [0.25, 0.3) is 0 Å². The van der Waals surface area contributed by atoms with Crippen molar-refractivity contribution < 1.29 is 0 Å². The molecule has 0 radical (unpaired) electrons. The summed E-state index contributed by atoms with van der Waals surface area (Å²) in [7, 11) is 1.95. The lowest BCUT2D eigenvalue weighted by Gasteiger charge is -2.23. The van der Waals surface area contributed by atoms with Gasteiger partial charge >= 0.3 is 0 Å². The Bertz CT molecular complexity index is 327. The summed E-state index contributed by atoms with van der Waals surface area (Å²) < 4.78 is 1.87. The third-order valence-corrected chi connectivity index (χ3v) is 3.64. The zero-order valence-electron chi connectivity index (χ0n) is 11.9. The third kappa shape index (κ3) is 3.97. The van der Waals surface area contributed by atoms with Crippen LogP contribution in [-0.2, 0) is 7.05 Å². The van der Waals surface area contributed by atoms with E-state index in [-0.39, 0.29) is 6.04 Å². The number of hydrogen-bond acceptors (Lipinski definition) is 3. The number of rotatable bonds is 8. The van der Waals surface area contributed by atoms with Gasteiger partial charge in [-0.15, -0.1) is 0 Å². The van der Waals surface area contributed by atoms with Gasteiger partial charge in [0.2, 0.25) is 0 Å². The number of aromatic nitrogens is 2. The molecule has 1 unspecified atom stereocenters. The molecule has 0 fully saturated rings. The maximum Gasteiger partial charge on any atom is 0.0834 e. The fourth-order valence-electron chi connectivity index (χ4n) is 2.25. The van der Waals surface area contributed by atoms with Crippen LogP contribution in [0.3, 0.4) is 0 Å². The number of aryl methyl sites for hydroxylation is 1. The molecule has 0 aliphatic carbocycles. The van der Waals surface area contributed by atoms with Gasteiger partial charge in [0.15, 0.2) is 0 Å². The molecule has 104 valence electrons. The maximum atomic E-state index is 6.22. The Morgan fingerprint density at radius 1 is 1.39 bits per heavy atom. The van der Waals surface area contributed by atoms with Crippen molar-refractivity contribution in [2.45, 2.75) is 33.2 Å². The van der Waals surface area contributed by atoms with Crippen LogP contribution in [0.1, 0.15) is 38.9 Å². The van der Waals surface area contributed by atoms with Gasteiger partial charge in [0, 0.05) is 7.05 Å². The standard InChI is InChI=1S/C13H25ClN4/c1-5-15-12(8-9-18(6-2)7-3)13-11(14)10-16-17(13)4/h10,12,15H,5-9H2,1-4H3. The van der Waals surface area contributed by atoms with Gasteiger partial charge in [-0.05, 0) is 32.6 Å². The lowest BCUT2D eigenvalue weighted by Crippen LogP contribution is -2.30. The fourth-order valence-corrected chi connectivity index (χ4v) is 2.54. The second-order valence-electron chi connectivity index (χ2n) is 4.43. The first-order valence-electron chi connectivity index (χ1n) is 6.77. The van der Waals surface area contributed by atoms with Crippen molar-refractivity contribution in [2.24, 2.45) is 7.05 Å². The highest BCUT2D eigenvalue weighted by Crippen LogP contribution is 2.24. The molecule has 0 aliphatic heterocycles. The van der Waals surface area contributed by atoms with Gasteiger partial charge in [0.1, 0.15) is 0 Å². The predicted octanol–water partition coefficient (Wildman–Crippen LogP) is 2.46. The smallest absolute Gasteiger partial charge is 0.0834 e. The van der Waals surface area contributed by atoms with E-state index in [2.05, 4.69) is 36.1 Å². The van der Waals surface area contributed by atoms with Gasteiger partial charge in [0.25, 0.3) is 0 Å². The molecule has 1 rings (SSSR count). The molecule has 4 nitrogen and oxygen atoms in total. The monoisotopic (exact) mass is 272 g/mol. The summed E-state index contributed by atoms with van der Waals surface area (Å²) in [6.07, 6.45) is 2.77. The van der Waals surface area contributed by atoms with Gasteiger partial charge < -0.3 is 10.2 Å². The molecule has 1 N–H and O–H groups in total. The second kappa shape index (κ2) is 7.77. The Kier molecular flexibility index (Phi) is 6.68. The summed E-state index contributed by atoms with van der Waals surface area (Å²) in [6, 6.07) is 0.274. The van der Waals surface area contributed by atoms with Crippen molar-refractivity contribution >= 4 is 11.6 Å². The predicted molar refractivity (Wildman–Crippen MR) is 77.0 cm³/mol. The van der Waals surface area contributed by atoms with Gasteiger partial charge in [-0.25, -0.2) is 0 Å². The molecule has 1 aromatic rings. The van der Waals surface area contributed by atoms with Crippen LogP contribution in [0.5, 0.6) is 0 Å². The number of halogens is 1. The molecule has 18 heavy (non-hydrogen) atoms. The van der Waals surface area contributed by atoms with E-state index in [0.29, 0.717) is 0 Å². The summed E-state index contributed by atoms with van der Waals surface area (Å²) in [4.78, 5) is 2.43. The summed E-state index contributed by atoms with van der Waals surface area (Å²) in [5.74, 6) is 0. The molecule has 0 spiro atoms. The van der Waals surface area contributed by atoms with Crippen LogP contribution >= 0.6 is 11.6 Å². The minimum absolute atomic E-state index is 0.274. The van der Waals surface area contributed by atoms with Crippen LogP contribution in [0.2, 0.25) is 5.02 Å². The van der Waals surface area contributed by atoms with Crippen LogP contribution in [0.15, 0.2) is 6.20 Å². The molecule has 0 bridgehead atoms. The summed E-state index contributed by atoms with van der Waals surface area (Å²) in [6.45, 7) is 10.7. The zero-order valence-corrected chi connectivity index (χ0v) is 12.7. The zero-order chi connectivity index (χ0) is 13.5. The van der Waals surface area contributed by atoms with Crippen molar-refractivity contribution in [3.8, 4) is 0 Å². The van der Waals surface area contributed by atoms with Crippen molar-refractivity contribution in [3.05, 3.63) is 16.9 Å². The van der Waals surface area contributed by atoms with Gasteiger partial charge in [-0.2, -0.15) is 5.10 Å². The van der Waals surface area contributed by atoms with E-state index in [9.17, 15) is 0 Å². The normalized spacial score (nSPS) is 13.2. The summed E-state index contributed by atoms with van der Waals surface area (Å²) >= 11 is 6.22. The molecule has 0 aliphatic rings. The van der Waals surface area contributed by atoms with Crippen molar-refractivity contribution in [1.29, 1.82) is 0 Å². The van der Waals surface area contributed by atoms with Crippen LogP contribution in [0, 0.1) is 0 Å². The van der Waals surface area contributed by atoms with Gasteiger partial charge in [-0.1, -0.05) is 32.4 Å². The highest BCUT2D eigenvalue weighted by molar-refractivity contribution is 6.31. The molecule has 1 aromatic heterocycles. The van der Waals surface area contributed by atoms with Gasteiger partial charge in [-0.3, -0.25) is 4.68 Å². The Morgan fingerprint density at radius 3 is 2.50 bits per heavy atom. The minimum atomic E-state index is 0.274. The molecule has 0 saturated heterocycles. The second-order valence-corrected chi connectivity index (χ2v) is 4.83. The Balaban J connectivity index is 2.71. The quantitative estimate of drug-likeness (QED) is 0.789. The maximum absolute atomic E-state index is 6.22. The lowest BCUT2D eigenvalue weighted by molar-refractivity contribution is 0.280.